The Morgan fingerprint density at radius 3 is 2.46 bits per heavy atom. The maximum Gasteiger partial charge on any atom is 0.200 e. The van der Waals surface area contributed by atoms with Crippen LogP contribution in [0.15, 0.2) is 48.3 Å². The Balaban J connectivity index is 1.92. The van der Waals surface area contributed by atoms with Crippen molar-refractivity contribution >= 4 is 0 Å². The Kier molecular flexibility index (Phi) is 7.33. The van der Waals surface area contributed by atoms with E-state index in [4.69, 9.17) is 14.2 Å². The molecule has 2 rings (SSSR count). The third kappa shape index (κ3) is 6.21. The molecular weight excluding hydrogens is 324 g/mol. The van der Waals surface area contributed by atoms with Crippen LogP contribution in [0, 0.1) is 11.3 Å². The average molecular weight is 359 g/mol. The van der Waals surface area contributed by atoms with E-state index in [1.54, 1.807) is 0 Å². The van der Waals surface area contributed by atoms with E-state index in [0.29, 0.717) is 11.8 Å². The lowest BCUT2D eigenvalue weighted by atomic mass is 9.70. The zero-order chi connectivity index (χ0) is 19.2. The molecular formula is C23H34O3. The minimum absolute atomic E-state index is 0.188. The van der Waals surface area contributed by atoms with Gasteiger partial charge in [-0.25, -0.2) is 0 Å². The summed E-state index contributed by atoms with van der Waals surface area (Å²) in [5.74, 6) is 2.73. The van der Waals surface area contributed by atoms with Gasteiger partial charge in [-0.05, 0) is 66.9 Å². The van der Waals surface area contributed by atoms with Gasteiger partial charge in [0.15, 0.2) is 6.79 Å². The first-order valence-electron chi connectivity index (χ1n) is 9.65. The third-order valence-corrected chi connectivity index (χ3v) is 4.61. The van der Waals surface area contributed by atoms with Gasteiger partial charge in [0.2, 0.25) is 6.29 Å². The summed E-state index contributed by atoms with van der Waals surface area (Å²) in [6.45, 7) is 13.5. The normalized spacial score (nSPS) is 17.0. The van der Waals surface area contributed by atoms with Crippen LogP contribution in [0.5, 0.6) is 5.75 Å². The van der Waals surface area contributed by atoms with Gasteiger partial charge in [-0.1, -0.05) is 52.8 Å². The van der Waals surface area contributed by atoms with Crippen molar-refractivity contribution in [3.63, 3.8) is 0 Å². The molecule has 1 aliphatic rings. The highest BCUT2D eigenvalue weighted by atomic mass is 16.7. The fraction of sp³-hybridized carbons (Fsp3) is 0.565. The lowest BCUT2D eigenvalue weighted by Gasteiger charge is -2.34. The van der Waals surface area contributed by atoms with Crippen LogP contribution in [0.25, 0.3) is 0 Å². The molecule has 0 amide bonds. The molecule has 1 aliphatic carbocycles. The maximum absolute atomic E-state index is 5.95. The topological polar surface area (TPSA) is 27.7 Å². The van der Waals surface area contributed by atoms with Crippen molar-refractivity contribution in [1.29, 1.82) is 0 Å². The third-order valence-electron chi connectivity index (χ3n) is 4.61. The van der Waals surface area contributed by atoms with E-state index in [1.807, 2.05) is 19.1 Å². The van der Waals surface area contributed by atoms with Gasteiger partial charge in [-0.2, -0.15) is 0 Å². The average Bonchev–Trinajstić information content (AvgIpc) is 2.54. The van der Waals surface area contributed by atoms with Gasteiger partial charge < -0.3 is 14.2 Å². The van der Waals surface area contributed by atoms with Crippen molar-refractivity contribution in [2.24, 2.45) is 11.3 Å². The molecule has 0 aromatic heterocycles. The van der Waals surface area contributed by atoms with E-state index < -0.39 is 0 Å². The molecule has 0 aliphatic heterocycles. The summed E-state index contributed by atoms with van der Waals surface area (Å²) < 4.78 is 17.2. The van der Waals surface area contributed by atoms with Gasteiger partial charge >= 0.3 is 0 Å². The lowest BCUT2D eigenvalue weighted by molar-refractivity contribution is -0.132. The molecule has 144 valence electrons. The summed E-state index contributed by atoms with van der Waals surface area (Å²) >= 11 is 0. The minimum Gasteiger partial charge on any atom is -0.468 e. The Labute approximate surface area is 159 Å². The zero-order valence-corrected chi connectivity index (χ0v) is 17.1. The molecule has 0 radical (unpaired) electrons. The highest BCUT2D eigenvalue weighted by Gasteiger charge is 2.29. The van der Waals surface area contributed by atoms with Gasteiger partial charge in [-0.3, -0.25) is 0 Å². The highest BCUT2D eigenvalue weighted by Crippen LogP contribution is 2.41. The first kappa shape index (κ1) is 20.6. The molecule has 0 spiro atoms. The molecule has 0 fully saturated rings. The number of hydrogen-bond acceptors (Lipinski definition) is 3. The van der Waals surface area contributed by atoms with E-state index in [1.165, 1.54) is 5.56 Å². The molecule has 1 aromatic carbocycles. The van der Waals surface area contributed by atoms with Crippen molar-refractivity contribution in [2.75, 3.05) is 6.79 Å². The van der Waals surface area contributed by atoms with Crippen LogP contribution in [0.4, 0.5) is 0 Å². The molecule has 0 heterocycles. The SMILES string of the molecule is CC(OCOC1=CCCC=C1)Oc1cccc(C(C(C)C)C(C)(C)C)c1. The Bertz CT molecular complexity index is 623. The summed E-state index contributed by atoms with van der Waals surface area (Å²) in [6, 6.07) is 8.38. The Morgan fingerprint density at radius 2 is 1.85 bits per heavy atom. The second-order valence-corrected chi connectivity index (χ2v) is 8.36. The minimum atomic E-state index is -0.370. The van der Waals surface area contributed by atoms with Gasteiger partial charge in [0.05, 0.1) is 0 Å². The predicted molar refractivity (Wildman–Crippen MR) is 107 cm³/mol. The van der Waals surface area contributed by atoms with Crippen LogP contribution in [0.3, 0.4) is 0 Å². The monoisotopic (exact) mass is 358 g/mol. The molecule has 0 bridgehead atoms. The maximum atomic E-state index is 5.95. The quantitative estimate of drug-likeness (QED) is 0.502. The van der Waals surface area contributed by atoms with Gasteiger partial charge in [0.25, 0.3) is 0 Å². The molecule has 0 saturated carbocycles. The molecule has 26 heavy (non-hydrogen) atoms. The van der Waals surface area contributed by atoms with Gasteiger partial charge in [0, 0.05) is 0 Å². The fourth-order valence-electron chi connectivity index (χ4n) is 3.79. The highest BCUT2D eigenvalue weighted by molar-refractivity contribution is 5.32. The second-order valence-electron chi connectivity index (χ2n) is 8.36. The first-order valence-corrected chi connectivity index (χ1v) is 9.65. The van der Waals surface area contributed by atoms with Crippen molar-refractivity contribution in [1.82, 2.24) is 0 Å². The summed E-state index contributed by atoms with van der Waals surface area (Å²) in [5.41, 5.74) is 1.51. The molecule has 0 saturated heterocycles. The number of benzene rings is 1. The molecule has 2 atom stereocenters. The van der Waals surface area contributed by atoms with Crippen molar-refractivity contribution in [3.05, 3.63) is 53.8 Å². The fourth-order valence-corrected chi connectivity index (χ4v) is 3.79. The van der Waals surface area contributed by atoms with E-state index in [9.17, 15) is 0 Å². The van der Waals surface area contributed by atoms with Crippen molar-refractivity contribution in [2.45, 2.75) is 66.6 Å². The molecule has 0 N–H and O–H groups in total. The largest absolute Gasteiger partial charge is 0.468 e. The standard InChI is InChI=1S/C23H34O3/c1-17(2)22(23(4,5)6)19-11-10-14-21(15-19)26-18(3)24-16-25-20-12-8-7-9-13-20/h8,10-15,17-18,22H,7,9,16H2,1-6H3. The summed E-state index contributed by atoms with van der Waals surface area (Å²) in [6.07, 6.45) is 7.91. The second kappa shape index (κ2) is 9.27. The van der Waals surface area contributed by atoms with E-state index in [2.05, 4.69) is 65.0 Å². The zero-order valence-electron chi connectivity index (χ0n) is 17.1. The van der Waals surface area contributed by atoms with Crippen LogP contribution in [0.2, 0.25) is 0 Å². The summed E-state index contributed by atoms with van der Waals surface area (Å²) in [4.78, 5) is 0. The van der Waals surface area contributed by atoms with Crippen LogP contribution in [-0.2, 0) is 9.47 Å². The van der Waals surface area contributed by atoms with Crippen LogP contribution in [-0.4, -0.2) is 13.1 Å². The summed E-state index contributed by atoms with van der Waals surface area (Å²) in [5, 5.41) is 0. The molecule has 3 heteroatoms. The molecule has 3 nitrogen and oxygen atoms in total. The van der Waals surface area contributed by atoms with E-state index in [0.717, 1.165) is 24.4 Å². The first-order chi connectivity index (χ1) is 12.3. The van der Waals surface area contributed by atoms with Gasteiger partial charge in [0.1, 0.15) is 11.5 Å². The van der Waals surface area contributed by atoms with Crippen molar-refractivity contribution < 1.29 is 14.2 Å². The van der Waals surface area contributed by atoms with Gasteiger partial charge in [-0.15, -0.1) is 0 Å². The van der Waals surface area contributed by atoms with Crippen LogP contribution in [0.1, 0.15) is 65.9 Å². The molecule has 2 unspecified atom stereocenters. The number of rotatable bonds is 8. The summed E-state index contributed by atoms with van der Waals surface area (Å²) in [7, 11) is 0. The Morgan fingerprint density at radius 1 is 1.08 bits per heavy atom. The smallest absolute Gasteiger partial charge is 0.200 e. The number of allylic oxidation sites excluding steroid dienone is 3. The predicted octanol–water partition coefficient (Wildman–Crippen LogP) is 6.42. The van der Waals surface area contributed by atoms with Crippen molar-refractivity contribution in [3.8, 4) is 5.75 Å². The Hall–Kier alpha value is -1.74. The molecule has 1 aromatic rings. The van der Waals surface area contributed by atoms with E-state index >= 15 is 0 Å². The number of ether oxygens (including phenoxy) is 3. The van der Waals surface area contributed by atoms with Crippen LogP contribution < -0.4 is 4.74 Å². The number of hydrogen-bond donors (Lipinski definition) is 0. The van der Waals surface area contributed by atoms with Crippen LogP contribution >= 0.6 is 0 Å². The van der Waals surface area contributed by atoms with E-state index in [-0.39, 0.29) is 18.5 Å². The lowest BCUT2D eigenvalue weighted by Crippen LogP contribution is -2.23.